The van der Waals surface area contributed by atoms with E-state index in [4.69, 9.17) is 4.74 Å². The molecular formula is C19H24N2O3. The predicted octanol–water partition coefficient (Wildman–Crippen LogP) is 2.80. The van der Waals surface area contributed by atoms with Gasteiger partial charge in [-0.05, 0) is 24.0 Å². The molecule has 1 unspecified atom stereocenters. The average molecular weight is 328 g/mol. The molecule has 1 amide bonds. The summed E-state index contributed by atoms with van der Waals surface area (Å²) in [6, 6.07) is 13.0. The van der Waals surface area contributed by atoms with Crippen LogP contribution in [0.4, 0.5) is 0 Å². The number of rotatable bonds is 8. The number of aliphatic hydroxyl groups is 1. The maximum absolute atomic E-state index is 12.2. The molecule has 2 rings (SSSR count). The summed E-state index contributed by atoms with van der Waals surface area (Å²) < 4.78 is 5.62. The summed E-state index contributed by atoms with van der Waals surface area (Å²) in [5.74, 6) is 0.537. The zero-order valence-electron chi connectivity index (χ0n) is 14.1. The Kier molecular flexibility index (Phi) is 6.75. The minimum atomic E-state index is -0.537. The summed E-state index contributed by atoms with van der Waals surface area (Å²) in [5, 5.41) is 12.6. The van der Waals surface area contributed by atoms with Crippen LogP contribution in [0.2, 0.25) is 0 Å². The summed E-state index contributed by atoms with van der Waals surface area (Å²) in [6.07, 6.45) is 1.66. The number of hydrogen-bond donors (Lipinski definition) is 2. The number of pyridine rings is 1. The highest BCUT2D eigenvalue weighted by Gasteiger charge is 2.11. The smallest absolute Gasteiger partial charge is 0.251 e. The third-order valence-electron chi connectivity index (χ3n) is 3.47. The van der Waals surface area contributed by atoms with Gasteiger partial charge in [0.05, 0.1) is 6.10 Å². The molecule has 5 heteroatoms. The van der Waals surface area contributed by atoms with Gasteiger partial charge in [-0.2, -0.15) is 0 Å². The molecule has 0 spiro atoms. The second-order valence-electron chi connectivity index (χ2n) is 6.15. The second kappa shape index (κ2) is 9.03. The van der Waals surface area contributed by atoms with Gasteiger partial charge in [-0.1, -0.05) is 44.2 Å². The van der Waals surface area contributed by atoms with Crippen molar-refractivity contribution < 1.29 is 14.6 Å². The molecule has 2 N–H and O–H groups in total. The van der Waals surface area contributed by atoms with Crippen LogP contribution in [0.3, 0.4) is 0 Å². The lowest BCUT2D eigenvalue weighted by Crippen LogP contribution is -2.32. The van der Waals surface area contributed by atoms with Gasteiger partial charge in [-0.3, -0.25) is 4.79 Å². The lowest BCUT2D eigenvalue weighted by molar-refractivity contribution is 0.0899. The molecular weight excluding hydrogens is 304 g/mol. The van der Waals surface area contributed by atoms with Crippen molar-refractivity contribution in [2.45, 2.75) is 33.0 Å². The van der Waals surface area contributed by atoms with Gasteiger partial charge in [-0.25, -0.2) is 4.98 Å². The van der Waals surface area contributed by atoms with E-state index in [9.17, 15) is 9.90 Å². The SMILES string of the molecule is CC(C)CC(O)CNC(=O)c1ccnc(OCc2ccccc2)c1. The Labute approximate surface area is 142 Å². The highest BCUT2D eigenvalue weighted by atomic mass is 16.5. The Hall–Kier alpha value is -2.40. The molecule has 1 aromatic heterocycles. The van der Waals surface area contributed by atoms with Crippen molar-refractivity contribution >= 4 is 5.91 Å². The summed E-state index contributed by atoms with van der Waals surface area (Å²) in [7, 11) is 0. The Morgan fingerprint density at radius 1 is 1.25 bits per heavy atom. The van der Waals surface area contributed by atoms with E-state index < -0.39 is 6.10 Å². The highest BCUT2D eigenvalue weighted by Crippen LogP contribution is 2.12. The Balaban J connectivity index is 1.88. The van der Waals surface area contributed by atoms with Gasteiger partial charge in [0.2, 0.25) is 5.88 Å². The standard InChI is InChI=1S/C19H24N2O3/c1-14(2)10-17(22)12-21-19(23)16-8-9-20-18(11-16)24-13-15-6-4-3-5-7-15/h3-9,11,14,17,22H,10,12-13H2,1-2H3,(H,21,23). The molecule has 0 saturated carbocycles. The molecule has 0 aliphatic carbocycles. The van der Waals surface area contributed by atoms with E-state index >= 15 is 0 Å². The molecule has 1 aromatic carbocycles. The molecule has 1 atom stereocenters. The highest BCUT2D eigenvalue weighted by molar-refractivity contribution is 5.94. The number of carbonyl (C=O) groups is 1. The third-order valence-corrected chi connectivity index (χ3v) is 3.47. The quantitative estimate of drug-likeness (QED) is 0.782. The normalized spacial score (nSPS) is 12.0. The van der Waals surface area contributed by atoms with Crippen molar-refractivity contribution in [2.24, 2.45) is 5.92 Å². The summed E-state index contributed by atoms with van der Waals surface area (Å²) in [6.45, 7) is 4.69. The van der Waals surface area contributed by atoms with E-state index in [1.807, 2.05) is 44.2 Å². The van der Waals surface area contributed by atoms with Gasteiger partial charge < -0.3 is 15.2 Å². The first-order valence-corrected chi connectivity index (χ1v) is 8.13. The number of benzene rings is 1. The van der Waals surface area contributed by atoms with E-state index in [1.54, 1.807) is 18.3 Å². The lowest BCUT2D eigenvalue weighted by Gasteiger charge is -2.14. The monoisotopic (exact) mass is 328 g/mol. The number of hydrogen-bond acceptors (Lipinski definition) is 4. The first-order valence-electron chi connectivity index (χ1n) is 8.13. The van der Waals surface area contributed by atoms with Crippen LogP contribution in [-0.4, -0.2) is 28.6 Å². The molecule has 128 valence electrons. The summed E-state index contributed by atoms with van der Waals surface area (Å²) in [5.41, 5.74) is 1.50. The lowest BCUT2D eigenvalue weighted by atomic mass is 10.1. The zero-order chi connectivity index (χ0) is 17.4. The van der Waals surface area contributed by atoms with Crippen LogP contribution in [0.15, 0.2) is 48.7 Å². The fourth-order valence-corrected chi connectivity index (χ4v) is 2.30. The molecule has 0 fully saturated rings. The Morgan fingerprint density at radius 2 is 2.00 bits per heavy atom. The molecule has 24 heavy (non-hydrogen) atoms. The van der Waals surface area contributed by atoms with Gasteiger partial charge in [0, 0.05) is 24.4 Å². The van der Waals surface area contributed by atoms with Gasteiger partial charge >= 0.3 is 0 Å². The molecule has 0 aliphatic heterocycles. The minimum Gasteiger partial charge on any atom is -0.473 e. The van der Waals surface area contributed by atoms with Crippen LogP contribution in [0, 0.1) is 5.92 Å². The van der Waals surface area contributed by atoms with Crippen molar-refractivity contribution in [1.29, 1.82) is 0 Å². The maximum Gasteiger partial charge on any atom is 0.251 e. The van der Waals surface area contributed by atoms with E-state index in [2.05, 4.69) is 10.3 Å². The van der Waals surface area contributed by atoms with E-state index in [1.165, 1.54) is 0 Å². The minimum absolute atomic E-state index is 0.236. The van der Waals surface area contributed by atoms with E-state index in [0.29, 0.717) is 30.4 Å². The van der Waals surface area contributed by atoms with Crippen molar-refractivity contribution in [3.05, 3.63) is 59.8 Å². The number of aromatic nitrogens is 1. The van der Waals surface area contributed by atoms with Crippen LogP contribution in [0.1, 0.15) is 36.2 Å². The molecule has 5 nitrogen and oxygen atoms in total. The number of ether oxygens (including phenoxy) is 1. The largest absolute Gasteiger partial charge is 0.473 e. The Bertz CT molecular complexity index is 644. The number of nitrogens with zero attached hydrogens (tertiary/aromatic N) is 1. The van der Waals surface area contributed by atoms with Crippen molar-refractivity contribution in [3.8, 4) is 5.88 Å². The molecule has 0 saturated heterocycles. The van der Waals surface area contributed by atoms with Gasteiger partial charge in [0.15, 0.2) is 0 Å². The number of aliphatic hydroxyl groups excluding tert-OH is 1. The summed E-state index contributed by atoms with van der Waals surface area (Å²) in [4.78, 5) is 16.3. The first-order chi connectivity index (χ1) is 11.5. The van der Waals surface area contributed by atoms with Crippen LogP contribution < -0.4 is 10.1 Å². The average Bonchev–Trinajstić information content (AvgIpc) is 2.58. The molecule has 0 bridgehead atoms. The van der Waals surface area contributed by atoms with Crippen molar-refractivity contribution in [3.63, 3.8) is 0 Å². The topological polar surface area (TPSA) is 71.5 Å². The number of nitrogens with one attached hydrogen (secondary N) is 1. The third kappa shape index (κ3) is 6.01. The fraction of sp³-hybridized carbons (Fsp3) is 0.368. The fourth-order valence-electron chi connectivity index (χ4n) is 2.30. The van der Waals surface area contributed by atoms with Crippen molar-refractivity contribution in [1.82, 2.24) is 10.3 Å². The number of carbonyl (C=O) groups excluding carboxylic acids is 1. The molecule has 2 aromatic rings. The van der Waals surface area contributed by atoms with Crippen LogP contribution >= 0.6 is 0 Å². The Morgan fingerprint density at radius 3 is 2.71 bits per heavy atom. The molecule has 0 aliphatic rings. The second-order valence-corrected chi connectivity index (χ2v) is 6.15. The predicted molar refractivity (Wildman–Crippen MR) is 92.8 cm³/mol. The maximum atomic E-state index is 12.2. The first kappa shape index (κ1) is 17.9. The van der Waals surface area contributed by atoms with Gasteiger partial charge in [0.1, 0.15) is 6.61 Å². The van der Waals surface area contributed by atoms with Gasteiger partial charge in [0.25, 0.3) is 5.91 Å². The molecule has 0 radical (unpaired) electrons. The zero-order valence-corrected chi connectivity index (χ0v) is 14.1. The van der Waals surface area contributed by atoms with Crippen LogP contribution in [0.5, 0.6) is 5.88 Å². The van der Waals surface area contributed by atoms with Crippen LogP contribution in [0.25, 0.3) is 0 Å². The number of amides is 1. The van der Waals surface area contributed by atoms with Gasteiger partial charge in [-0.15, -0.1) is 0 Å². The summed E-state index contributed by atoms with van der Waals surface area (Å²) >= 11 is 0. The van der Waals surface area contributed by atoms with E-state index in [0.717, 1.165) is 5.56 Å². The van der Waals surface area contributed by atoms with Crippen molar-refractivity contribution in [2.75, 3.05) is 6.54 Å². The van der Waals surface area contributed by atoms with E-state index in [-0.39, 0.29) is 12.5 Å². The molecule has 1 heterocycles. The van der Waals surface area contributed by atoms with Crippen LogP contribution in [-0.2, 0) is 6.61 Å².